The molecule has 0 heterocycles. The summed E-state index contributed by atoms with van der Waals surface area (Å²) in [4.78, 5) is 49.2. The maximum Gasteiger partial charge on any atom is 0.313 e. The van der Waals surface area contributed by atoms with Crippen molar-refractivity contribution in [2.24, 2.45) is 0 Å². The first-order chi connectivity index (χ1) is 15.5. The lowest BCUT2D eigenvalue weighted by atomic mass is 9.86. The summed E-state index contributed by atoms with van der Waals surface area (Å²) in [7, 11) is -3.81. The predicted octanol–water partition coefficient (Wildman–Crippen LogP) is 0.149. The molecule has 1 rings (SSSR count). The molecule has 12 heteroatoms. The van der Waals surface area contributed by atoms with Crippen LogP contribution in [0.25, 0.3) is 0 Å². The molecule has 34 heavy (non-hydrogen) atoms. The minimum atomic E-state index is -3.81. The summed E-state index contributed by atoms with van der Waals surface area (Å²) in [5, 5.41) is 17.4. The van der Waals surface area contributed by atoms with Gasteiger partial charge in [-0.1, -0.05) is 45.9 Å². The molecule has 1 unspecified atom stereocenters. The van der Waals surface area contributed by atoms with Crippen LogP contribution < -0.4 is 20.7 Å². The largest absolute Gasteiger partial charge is 0.391 e. The van der Waals surface area contributed by atoms with Gasteiger partial charge < -0.3 is 21.1 Å². The van der Waals surface area contributed by atoms with Crippen LogP contribution in [0.3, 0.4) is 0 Å². The Labute approximate surface area is 200 Å². The van der Waals surface area contributed by atoms with Gasteiger partial charge in [0.15, 0.2) is 0 Å². The van der Waals surface area contributed by atoms with Gasteiger partial charge >= 0.3 is 11.8 Å². The number of sulfonamides is 1. The monoisotopic (exact) mass is 498 g/mol. The summed E-state index contributed by atoms with van der Waals surface area (Å²) >= 11 is 0. The molecule has 0 radical (unpaired) electrons. The Hall–Kier alpha value is -2.99. The summed E-state index contributed by atoms with van der Waals surface area (Å²) in [5.41, 5.74) is 1.01. The predicted molar refractivity (Wildman–Crippen MR) is 127 cm³/mol. The number of carbonyl (C=O) groups excluding carboxylic acids is 4. The van der Waals surface area contributed by atoms with E-state index in [-0.39, 0.29) is 11.8 Å². The first-order valence-electron chi connectivity index (χ1n) is 10.8. The number of hydrogen-bond acceptors (Lipinski definition) is 7. The third kappa shape index (κ3) is 9.48. The van der Waals surface area contributed by atoms with Gasteiger partial charge in [0.2, 0.25) is 21.8 Å². The van der Waals surface area contributed by atoms with Gasteiger partial charge in [-0.05, 0) is 30.4 Å². The number of anilines is 1. The third-order valence-electron chi connectivity index (χ3n) is 4.85. The Balaban J connectivity index is 2.81. The van der Waals surface area contributed by atoms with Crippen molar-refractivity contribution in [3.8, 4) is 0 Å². The molecule has 0 aliphatic carbocycles. The molecule has 190 valence electrons. The topological polar surface area (TPSA) is 171 Å². The van der Waals surface area contributed by atoms with Gasteiger partial charge in [-0.15, -0.1) is 0 Å². The number of nitrogens with one attached hydrogen (secondary N) is 4. The van der Waals surface area contributed by atoms with Crippen molar-refractivity contribution < 1.29 is 32.7 Å². The molecule has 0 saturated carbocycles. The van der Waals surface area contributed by atoms with Crippen LogP contribution in [0, 0.1) is 0 Å². The van der Waals surface area contributed by atoms with Crippen LogP contribution in [-0.4, -0.2) is 61.6 Å². The highest BCUT2D eigenvalue weighted by atomic mass is 32.2. The van der Waals surface area contributed by atoms with Crippen molar-refractivity contribution in [2.75, 3.05) is 11.6 Å². The molecule has 0 aliphatic heterocycles. The van der Waals surface area contributed by atoms with Gasteiger partial charge in [-0.2, -0.15) is 0 Å². The molecular formula is C22H34N4O7S. The third-order valence-corrected chi connectivity index (χ3v) is 5.44. The van der Waals surface area contributed by atoms with Crippen LogP contribution in [0.15, 0.2) is 24.3 Å². The lowest BCUT2D eigenvalue weighted by Crippen LogP contribution is -2.54. The average Bonchev–Trinajstić information content (AvgIpc) is 2.70. The molecule has 0 aliphatic rings. The second-order valence-corrected chi connectivity index (χ2v) is 10.8. The lowest BCUT2D eigenvalue weighted by Gasteiger charge is -2.25. The fourth-order valence-corrected chi connectivity index (χ4v) is 3.57. The fourth-order valence-electron chi connectivity index (χ4n) is 3.08. The second kappa shape index (κ2) is 11.9. The van der Waals surface area contributed by atoms with E-state index in [2.05, 4.69) is 16.0 Å². The SMILES string of the molecule is CCC(O)[C@H](CC(=O)NS(C)(=O)=O)NC(=O)[C@H](C)NC(=O)C(=O)Nc1ccccc1C(C)(C)C. The van der Waals surface area contributed by atoms with E-state index in [1.54, 1.807) is 23.8 Å². The van der Waals surface area contributed by atoms with Crippen LogP contribution in [0.1, 0.15) is 53.0 Å². The molecule has 5 N–H and O–H groups in total. The van der Waals surface area contributed by atoms with Crippen LogP contribution >= 0.6 is 0 Å². The highest BCUT2D eigenvalue weighted by Crippen LogP contribution is 2.29. The Kier molecular flexibility index (Phi) is 10.2. The van der Waals surface area contributed by atoms with Crippen molar-refractivity contribution in [1.82, 2.24) is 15.4 Å². The lowest BCUT2D eigenvalue weighted by molar-refractivity contribution is -0.138. The molecule has 0 bridgehead atoms. The second-order valence-electron chi connectivity index (χ2n) is 9.04. The number of aliphatic hydroxyl groups excluding tert-OH is 1. The minimum Gasteiger partial charge on any atom is -0.391 e. The first-order valence-corrected chi connectivity index (χ1v) is 12.6. The summed E-state index contributed by atoms with van der Waals surface area (Å²) in [6.07, 6.45) is -0.669. The van der Waals surface area contributed by atoms with Gasteiger partial charge in [0.25, 0.3) is 0 Å². The minimum absolute atomic E-state index is 0.174. The van der Waals surface area contributed by atoms with Crippen LogP contribution in [0.2, 0.25) is 0 Å². The van der Waals surface area contributed by atoms with Crippen molar-refractivity contribution in [1.29, 1.82) is 0 Å². The average molecular weight is 499 g/mol. The van der Waals surface area contributed by atoms with Crippen molar-refractivity contribution in [3.05, 3.63) is 29.8 Å². The summed E-state index contributed by atoms with van der Waals surface area (Å²) in [6, 6.07) is 4.76. The Morgan fingerprint density at radius 1 is 1.03 bits per heavy atom. The number of rotatable bonds is 9. The van der Waals surface area contributed by atoms with Gasteiger partial charge in [0.05, 0.1) is 24.8 Å². The Morgan fingerprint density at radius 3 is 2.15 bits per heavy atom. The van der Waals surface area contributed by atoms with E-state index in [4.69, 9.17) is 0 Å². The molecule has 0 aromatic heterocycles. The normalized spacial score (nSPS) is 14.3. The quantitative estimate of drug-likeness (QED) is 0.302. The summed E-state index contributed by atoms with van der Waals surface area (Å²) < 4.78 is 24.2. The van der Waals surface area contributed by atoms with E-state index in [1.165, 1.54) is 6.92 Å². The van der Waals surface area contributed by atoms with Gasteiger partial charge in [0.1, 0.15) is 6.04 Å². The maximum absolute atomic E-state index is 12.5. The molecule has 1 aromatic rings. The zero-order chi connectivity index (χ0) is 26.3. The van der Waals surface area contributed by atoms with Crippen molar-refractivity contribution >= 4 is 39.3 Å². The number of amides is 4. The number of carbonyl (C=O) groups is 4. The van der Waals surface area contributed by atoms with Crippen molar-refractivity contribution in [3.63, 3.8) is 0 Å². The summed E-state index contributed by atoms with van der Waals surface area (Å²) in [5.74, 6) is -3.68. The fraction of sp³-hybridized carbons (Fsp3) is 0.545. The molecule has 1 aromatic carbocycles. The van der Waals surface area contributed by atoms with E-state index < -0.39 is 58.3 Å². The number of benzene rings is 1. The molecular weight excluding hydrogens is 464 g/mol. The molecule has 0 saturated heterocycles. The van der Waals surface area contributed by atoms with E-state index in [9.17, 15) is 32.7 Å². The highest BCUT2D eigenvalue weighted by Gasteiger charge is 2.28. The first kappa shape index (κ1) is 29.0. The van der Waals surface area contributed by atoms with E-state index in [0.29, 0.717) is 5.69 Å². The highest BCUT2D eigenvalue weighted by molar-refractivity contribution is 7.89. The number of hydrogen-bond donors (Lipinski definition) is 5. The number of para-hydroxylation sites is 1. The Morgan fingerprint density at radius 2 is 1.62 bits per heavy atom. The van der Waals surface area contributed by atoms with Crippen molar-refractivity contribution in [2.45, 2.75) is 71.1 Å². The molecule has 3 atom stereocenters. The van der Waals surface area contributed by atoms with Crippen LogP contribution in [-0.2, 0) is 34.6 Å². The molecule has 11 nitrogen and oxygen atoms in total. The molecule has 0 fully saturated rings. The zero-order valence-electron chi connectivity index (χ0n) is 20.3. The van der Waals surface area contributed by atoms with Crippen LogP contribution in [0.5, 0.6) is 0 Å². The van der Waals surface area contributed by atoms with Gasteiger partial charge in [0, 0.05) is 5.69 Å². The molecule has 0 spiro atoms. The van der Waals surface area contributed by atoms with Gasteiger partial charge in [-0.3, -0.25) is 23.9 Å². The van der Waals surface area contributed by atoms with E-state index in [1.807, 2.05) is 32.9 Å². The zero-order valence-corrected chi connectivity index (χ0v) is 21.1. The number of aliphatic hydroxyl groups is 1. The maximum atomic E-state index is 12.5. The van der Waals surface area contributed by atoms with Crippen LogP contribution in [0.4, 0.5) is 5.69 Å². The summed E-state index contributed by atoms with van der Waals surface area (Å²) in [6.45, 7) is 8.82. The van der Waals surface area contributed by atoms with E-state index >= 15 is 0 Å². The standard InChI is InChI=1S/C22H34N4O7S/c1-7-17(27)16(12-18(28)26-34(6,32)33)25-19(29)13(2)23-20(30)21(31)24-15-11-9-8-10-14(15)22(3,4)5/h8-11,13,16-17,27H,7,12H2,1-6H3,(H,23,30)(H,24,31)(H,25,29)(H,26,28)/t13-,16-,17?/m0/s1. The van der Waals surface area contributed by atoms with Gasteiger partial charge in [-0.25, -0.2) is 8.42 Å². The van der Waals surface area contributed by atoms with E-state index in [0.717, 1.165) is 11.8 Å². The molecule has 4 amide bonds. The Bertz CT molecular complexity index is 1020. The smallest absolute Gasteiger partial charge is 0.313 e.